The number of urea groups is 1. The molecule has 0 saturated carbocycles. The number of amides is 2. The van der Waals surface area contributed by atoms with E-state index in [-0.39, 0.29) is 11.8 Å². The van der Waals surface area contributed by atoms with E-state index in [1.54, 1.807) is 23.9 Å². The molecule has 160 valence electrons. The maximum Gasteiger partial charge on any atom is 0.324 e. The third-order valence-corrected chi connectivity index (χ3v) is 6.00. The molecule has 2 aromatic rings. The summed E-state index contributed by atoms with van der Waals surface area (Å²) in [5.41, 5.74) is 5.43. The Morgan fingerprint density at radius 1 is 1.07 bits per heavy atom. The summed E-state index contributed by atoms with van der Waals surface area (Å²) in [7, 11) is 5.71. The topological polar surface area (TPSA) is 43.9 Å². The van der Waals surface area contributed by atoms with E-state index in [1.165, 1.54) is 11.1 Å². The number of carbonyl (C=O) groups excluding carboxylic acids is 2. The lowest BCUT2D eigenvalue weighted by molar-refractivity contribution is 0.0978. The van der Waals surface area contributed by atoms with Crippen molar-refractivity contribution in [2.75, 3.05) is 39.1 Å². The predicted octanol–water partition coefficient (Wildman–Crippen LogP) is 4.52. The van der Waals surface area contributed by atoms with Gasteiger partial charge >= 0.3 is 6.03 Å². The number of ketones is 1. The van der Waals surface area contributed by atoms with Gasteiger partial charge in [0.25, 0.3) is 0 Å². The fourth-order valence-corrected chi connectivity index (χ4v) is 4.02. The standard InChI is InChI=1S/C25H33N3O2/c1-19-9-5-6-10-20(19)14-16-26(2)15-8-7-11-24(29)21-12-13-23-22(17-21)18-27(3)25(30)28(23)4/h5-6,9-10,12-13,17H,7-8,11,14-16,18H2,1-4H3. The minimum atomic E-state index is -0.0203. The summed E-state index contributed by atoms with van der Waals surface area (Å²) in [6.07, 6.45) is 3.53. The number of rotatable bonds is 9. The molecule has 3 rings (SSSR count). The molecule has 1 heterocycles. The van der Waals surface area contributed by atoms with Gasteiger partial charge in [-0.1, -0.05) is 24.3 Å². The summed E-state index contributed by atoms with van der Waals surface area (Å²) in [5.74, 6) is 0.183. The number of Topliss-reactive ketones (excluding diaryl/α,β-unsaturated/α-hetero) is 1. The van der Waals surface area contributed by atoms with Gasteiger partial charge in [-0.05, 0) is 74.7 Å². The Hall–Kier alpha value is -2.66. The first-order valence-corrected chi connectivity index (χ1v) is 10.7. The summed E-state index contributed by atoms with van der Waals surface area (Å²) in [6.45, 7) is 4.74. The molecule has 2 aromatic carbocycles. The Kier molecular flexibility index (Phi) is 7.27. The van der Waals surface area contributed by atoms with Crippen molar-refractivity contribution in [3.05, 3.63) is 64.7 Å². The monoisotopic (exact) mass is 407 g/mol. The second kappa shape index (κ2) is 9.90. The van der Waals surface area contributed by atoms with Gasteiger partial charge in [-0.25, -0.2) is 4.79 Å². The fourth-order valence-electron chi connectivity index (χ4n) is 4.02. The summed E-state index contributed by atoms with van der Waals surface area (Å²) in [4.78, 5) is 30.4. The number of hydrogen-bond donors (Lipinski definition) is 0. The van der Waals surface area contributed by atoms with E-state index in [1.807, 2.05) is 18.2 Å². The Morgan fingerprint density at radius 3 is 2.60 bits per heavy atom. The second-order valence-electron chi connectivity index (χ2n) is 8.40. The van der Waals surface area contributed by atoms with Gasteiger partial charge in [0.05, 0.1) is 5.69 Å². The summed E-state index contributed by atoms with van der Waals surface area (Å²) >= 11 is 0. The first kappa shape index (κ1) is 22.0. The van der Waals surface area contributed by atoms with Crippen molar-refractivity contribution >= 4 is 17.5 Å². The molecule has 0 aromatic heterocycles. The molecule has 5 nitrogen and oxygen atoms in total. The second-order valence-corrected chi connectivity index (χ2v) is 8.40. The zero-order valence-corrected chi connectivity index (χ0v) is 18.6. The summed E-state index contributed by atoms with van der Waals surface area (Å²) in [5, 5.41) is 0. The molecule has 0 radical (unpaired) electrons. The van der Waals surface area contributed by atoms with Crippen molar-refractivity contribution in [1.82, 2.24) is 9.80 Å². The van der Waals surface area contributed by atoms with Crippen molar-refractivity contribution < 1.29 is 9.59 Å². The zero-order valence-electron chi connectivity index (χ0n) is 18.6. The highest BCUT2D eigenvalue weighted by Gasteiger charge is 2.25. The molecular weight excluding hydrogens is 374 g/mol. The van der Waals surface area contributed by atoms with Gasteiger partial charge in [0, 0.05) is 39.2 Å². The molecule has 5 heteroatoms. The molecule has 0 spiro atoms. The molecule has 30 heavy (non-hydrogen) atoms. The van der Waals surface area contributed by atoms with Crippen LogP contribution >= 0.6 is 0 Å². The largest absolute Gasteiger partial charge is 0.324 e. The third-order valence-electron chi connectivity index (χ3n) is 6.00. The van der Waals surface area contributed by atoms with E-state index in [0.29, 0.717) is 13.0 Å². The summed E-state index contributed by atoms with van der Waals surface area (Å²) < 4.78 is 0. The molecule has 0 bridgehead atoms. The fraction of sp³-hybridized carbons (Fsp3) is 0.440. The maximum absolute atomic E-state index is 12.6. The number of likely N-dealkylation sites (N-methyl/N-ethyl adjacent to an activating group) is 1. The van der Waals surface area contributed by atoms with Crippen LogP contribution in [-0.4, -0.2) is 55.8 Å². The number of nitrogens with zero attached hydrogens (tertiary/aromatic N) is 3. The molecule has 1 aliphatic rings. The van der Waals surface area contributed by atoms with Crippen LogP contribution in [0.3, 0.4) is 0 Å². The smallest absolute Gasteiger partial charge is 0.323 e. The molecule has 0 unspecified atom stereocenters. The van der Waals surface area contributed by atoms with Gasteiger partial charge < -0.3 is 9.80 Å². The van der Waals surface area contributed by atoms with Gasteiger partial charge in [-0.15, -0.1) is 0 Å². The van der Waals surface area contributed by atoms with Crippen molar-refractivity contribution in [2.45, 2.75) is 39.2 Å². The van der Waals surface area contributed by atoms with Crippen LogP contribution in [0, 0.1) is 6.92 Å². The SMILES string of the molecule is Cc1ccccc1CCN(C)CCCCC(=O)c1ccc2c(c1)CN(C)C(=O)N2C. The van der Waals surface area contributed by atoms with Gasteiger partial charge in [0.15, 0.2) is 5.78 Å². The van der Waals surface area contributed by atoms with Crippen molar-refractivity contribution in [3.63, 3.8) is 0 Å². The van der Waals surface area contributed by atoms with Crippen LogP contribution in [0.4, 0.5) is 10.5 Å². The number of aryl methyl sites for hydroxylation is 1. The molecule has 0 fully saturated rings. The maximum atomic E-state index is 12.6. The van der Waals surface area contributed by atoms with Crippen LogP contribution < -0.4 is 4.90 Å². The third kappa shape index (κ3) is 5.28. The number of carbonyl (C=O) groups is 2. The van der Waals surface area contributed by atoms with Crippen LogP contribution in [0.5, 0.6) is 0 Å². The Balaban J connectivity index is 1.43. The van der Waals surface area contributed by atoms with Crippen LogP contribution in [0.1, 0.15) is 46.3 Å². The molecule has 1 aliphatic heterocycles. The van der Waals surface area contributed by atoms with Crippen molar-refractivity contribution in [1.29, 1.82) is 0 Å². The molecule has 2 amide bonds. The molecule has 0 aliphatic carbocycles. The van der Waals surface area contributed by atoms with E-state index in [4.69, 9.17) is 0 Å². The minimum absolute atomic E-state index is 0.0203. The Labute approximate surface area is 180 Å². The van der Waals surface area contributed by atoms with Gasteiger partial charge in [-0.3, -0.25) is 9.69 Å². The van der Waals surface area contributed by atoms with E-state index in [2.05, 4.69) is 43.1 Å². The van der Waals surface area contributed by atoms with E-state index in [9.17, 15) is 9.59 Å². The molecular formula is C25H33N3O2. The van der Waals surface area contributed by atoms with Crippen LogP contribution in [-0.2, 0) is 13.0 Å². The molecule has 0 N–H and O–H groups in total. The van der Waals surface area contributed by atoms with E-state index >= 15 is 0 Å². The highest BCUT2D eigenvalue weighted by atomic mass is 16.2. The average molecular weight is 408 g/mol. The van der Waals surface area contributed by atoms with Crippen LogP contribution in [0.2, 0.25) is 0 Å². The van der Waals surface area contributed by atoms with Crippen molar-refractivity contribution in [3.8, 4) is 0 Å². The lowest BCUT2D eigenvalue weighted by Crippen LogP contribution is -2.42. The molecule has 0 atom stereocenters. The first-order chi connectivity index (χ1) is 14.4. The summed E-state index contributed by atoms with van der Waals surface area (Å²) in [6, 6.07) is 14.2. The number of anilines is 1. The highest BCUT2D eigenvalue weighted by molar-refractivity contribution is 5.99. The highest BCUT2D eigenvalue weighted by Crippen LogP contribution is 2.28. The van der Waals surface area contributed by atoms with Crippen LogP contribution in [0.15, 0.2) is 42.5 Å². The normalized spacial score (nSPS) is 13.7. The Morgan fingerprint density at radius 2 is 1.83 bits per heavy atom. The number of unbranched alkanes of at least 4 members (excludes halogenated alkanes) is 1. The number of fused-ring (bicyclic) bond motifs is 1. The lowest BCUT2D eigenvalue weighted by Gasteiger charge is -2.32. The van der Waals surface area contributed by atoms with Gasteiger partial charge in [0.2, 0.25) is 0 Å². The Bertz CT molecular complexity index is 909. The lowest BCUT2D eigenvalue weighted by atomic mass is 10.00. The number of hydrogen-bond acceptors (Lipinski definition) is 3. The van der Waals surface area contributed by atoms with Crippen LogP contribution in [0.25, 0.3) is 0 Å². The first-order valence-electron chi connectivity index (χ1n) is 10.7. The van der Waals surface area contributed by atoms with Crippen molar-refractivity contribution in [2.24, 2.45) is 0 Å². The molecule has 0 saturated heterocycles. The number of benzene rings is 2. The van der Waals surface area contributed by atoms with E-state index in [0.717, 1.165) is 49.2 Å². The quantitative estimate of drug-likeness (QED) is 0.453. The van der Waals surface area contributed by atoms with E-state index < -0.39 is 0 Å². The zero-order chi connectivity index (χ0) is 21.7. The average Bonchev–Trinajstić information content (AvgIpc) is 2.74. The minimum Gasteiger partial charge on any atom is -0.323 e. The predicted molar refractivity (Wildman–Crippen MR) is 122 cm³/mol. The van der Waals surface area contributed by atoms with Gasteiger partial charge in [-0.2, -0.15) is 0 Å². The van der Waals surface area contributed by atoms with Gasteiger partial charge in [0.1, 0.15) is 0 Å².